The Hall–Kier alpha value is -3.36. The van der Waals surface area contributed by atoms with Crippen LogP contribution in [0.25, 0.3) is 6.08 Å². The molecule has 0 bridgehead atoms. The van der Waals surface area contributed by atoms with Crippen molar-refractivity contribution in [2.24, 2.45) is 10.8 Å². The number of hydrogen-bond donors (Lipinski definition) is 3. The number of carbonyl (C=O) groups excluding carboxylic acids is 1. The molecular weight excluding hydrogens is 513 g/mol. The lowest BCUT2D eigenvalue weighted by molar-refractivity contribution is -0.128. The van der Waals surface area contributed by atoms with Gasteiger partial charge in [-0.05, 0) is 42.0 Å². The minimum atomic E-state index is -1.43. The first kappa shape index (κ1) is 26.7. The van der Waals surface area contributed by atoms with Crippen LogP contribution in [-0.2, 0) is 9.53 Å². The number of aliphatic hydroxyl groups is 1. The summed E-state index contributed by atoms with van der Waals surface area (Å²) in [5, 5.41) is 9.76. The van der Waals surface area contributed by atoms with Crippen molar-refractivity contribution in [1.29, 1.82) is 0 Å². The fraction of sp³-hybridized carbons (Fsp3) is 0.214. The molecule has 0 aromatic heterocycles. The van der Waals surface area contributed by atoms with Gasteiger partial charge in [-0.3, -0.25) is 10.2 Å². The van der Waals surface area contributed by atoms with Gasteiger partial charge in [0.15, 0.2) is 11.6 Å². The second-order valence-electron chi connectivity index (χ2n) is 8.45. The molecule has 192 valence electrons. The summed E-state index contributed by atoms with van der Waals surface area (Å²) < 4.78 is 11.9. The maximum absolute atomic E-state index is 13.4. The molecule has 4 rings (SSSR count). The van der Waals surface area contributed by atoms with E-state index in [4.69, 9.17) is 48.6 Å². The van der Waals surface area contributed by atoms with E-state index >= 15 is 0 Å². The summed E-state index contributed by atoms with van der Waals surface area (Å²) in [7, 11) is 0. The Morgan fingerprint density at radius 2 is 1.89 bits per heavy atom. The maximum atomic E-state index is 13.4. The van der Waals surface area contributed by atoms with Gasteiger partial charge < -0.3 is 14.6 Å². The van der Waals surface area contributed by atoms with Crippen molar-refractivity contribution in [3.63, 3.8) is 0 Å². The Morgan fingerprint density at radius 1 is 1.14 bits per heavy atom. The molecule has 0 fully saturated rings. The highest BCUT2D eigenvalue weighted by molar-refractivity contribution is 6.35. The molecule has 7 nitrogen and oxygen atoms in total. The van der Waals surface area contributed by atoms with Gasteiger partial charge in [-0.2, -0.15) is 0 Å². The van der Waals surface area contributed by atoms with Gasteiger partial charge in [0.2, 0.25) is 5.90 Å². The number of aliphatic hydroxyl groups excluding tert-OH is 1. The highest BCUT2D eigenvalue weighted by Gasteiger charge is 2.53. The number of nitrogens with one attached hydrogen (secondary N) is 1. The van der Waals surface area contributed by atoms with Gasteiger partial charge in [-0.15, -0.1) is 0 Å². The van der Waals surface area contributed by atoms with Crippen molar-refractivity contribution in [2.75, 3.05) is 13.2 Å². The van der Waals surface area contributed by atoms with E-state index in [1.807, 2.05) is 42.5 Å². The standard InChI is InChI=1S/C28H27Cl2N3O4/c29-21-11-14-23(24(30)18-21)25-28(27(35)33-31,15-4-8-19-6-2-1-3-7-19)32-26(37-25)20-9-12-22(13-10-20)36-17-5-16-34/h1-4,6-14,18,25,34H,5,15-17,31H2,(H,33,35)/b8-4+/t25-,28-/m0/s1. The normalized spacial score (nSPS) is 18.9. The third-order valence-corrected chi connectivity index (χ3v) is 6.51. The third kappa shape index (κ3) is 6.14. The first-order chi connectivity index (χ1) is 18.0. The van der Waals surface area contributed by atoms with Crippen LogP contribution in [0.1, 0.15) is 35.6 Å². The summed E-state index contributed by atoms with van der Waals surface area (Å²) in [4.78, 5) is 18.2. The first-order valence-electron chi connectivity index (χ1n) is 11.7. The Kier molecular flexibility index (Phi) is 8.84. The van der Waals surface area contributed by atoms with Crippen LogP contribution in [0, 0.1) is 0 Å². The highest BCUT2D eigenvalue weighted by Crippen LogP contribution is 2.45. The smallest absolute Gasteiger partial charge is 0.266 e. The molecule has 9 heteroatoms. The SMILES string of the molecule is NNC(=O)[C@@]1(C/C=C/c2ccccc2)N=C(c2ccc(OCCCO)cc2)O[C@H]1c1ccc(Cl)cc1Cl. The summed E-state index contributed by atoms with van der Waals surface area (Å²) in [5.74, 6) is 6.05. The molecule has 37 heavy (non-hydrogen) atoms. The Bertz CT molecular complexity index is 1280. The molecule has 0 spiro atoms. The van der Waals surface area contributed by atoms with Crippen molar-refractivity contribution >= 4 is 41.1 Å². The molecule has 4 N–H and O–H groups in total. The lowest BCUT2D eigenvalue weighted by Gasteiger charge is -2.29. The molecule has 0 aliphatic carbocycles. The minimum Gasteiger partial charge on any atom is -0.494 e. The minimum absolute atomic E-state index is 0.0569. The van der Waals surface area contributed by atoms with E-state index in [0.717, 1.165) is 5.56 Å². The van der Waals surface area contributed by atoms with Crippen molar-refractivity contribution in [2.45, 2.75) is 24.5 Å². The molecule has 0 unspecified atom stereocenters. The van der Waals surface area contributed by atoms with Gasteiger partial charge in [0.1, 0.15) is 5.75 Å². The van der Waals surface area contributed by atoms with E-state index in [1.54, 1.807) is 42.5 Å². The number of nitrogens with two attached hydrogens (primary N) is 1. The largest absolute Gasteiger partial charge is 0.494 e. The number of hydrazine groups is 1. The quantitative estimate of drug-likeness (QED) is 0.144. The highest BCUT2D eigenvalue weighted by atomic mass is 35.5. The molecule has 0 radical (unpaired) electrons. The topological polar surface area (TPSA) is 106 Å². The zero-order chi connectivity index (χ0) is 26.3. The predicted octanol–water partition coefficient (Wildman–Crippen LogP) is 5.10. The number of halogens is 2. The molecule has 2 atom stereocenters. The van der Waals surface area contributed by atoms with E-state index in [2.05, 4.69) is 5.43 Å². The van der Waals surface area contributed by atoms with Crippen LogP contribution in [0.2, 0.25) is 10.0 Å². The van der Waals surface area contributed by atoms with Gasteiger partial charge >= 0.3 is 0 Å². The molecule has 0 saturated heterocycles. The summed E-state index contributed by atoms with van der Waals surface area (Å²) in [6.07, 6.45) is 3.65. The second kappa shape index (κ2) is 12.3. The van der Waals surface area contributed by atoms with Crippen LogP contribution >= 0.6 is 23.2 Å². The van der Waals surface area contributed by atoms with Crippen molar-refractivity contribution < 1.29 is 19.4 Å². The molecular formula is C28H27Cl2N3O4. The zero-order valence-corrected chi connectivity index (χ0v) is 21.5. The van der Waals surface area contributed by atoms with Gasteiger partial charge in [0, 0.05) is 40.6 Å². The molecule has 1 heterocycles. The Labute approximate surface area is 225 Å². The van der Waals surface area contributed by atoms with Crippen molar-refractivity contribution in [3.05, 3.63) is 106 Å². The fourth-order valence-electron chi connectivity index (χ4n) is 4.07. The van der Waals surface area contributed by atoms with Gasteiger partial charge in [-0.1, -0.05) is 71.8 Å². The van der Waals surface area contributed by atoms with E-state index in [1.165, 1.54) is 0 Å². The van der Waals surface area contributed by atoms with Crippen LogP contribution in [0.5, 0.6) is 5.75 Å². The number of amides is 1. The van der Waals surface area contributed by atoms with E-state index in [9.17, 15) is 4.79 Å². The van der Waals surface area contributed by atoms with Gasteiger partial charge in [-0.25, -0.2) is 10.8 Å². The maximum Gasteiger partial charge on any atom is 0.266 e. The second-order valence-corrected chi connectivity index (χ2v) is 9.29. The Balaban J connectivity index is 1.73. The average molecular weight is 540 g/mol. The van der Waals surface area contributed by atoms with Crippen LogP contribution in [0.3, 0.4) is 0 Å². The first-order valence-corrected chi connectivity index (χ1v) is 12.5. The fourth-order valence-corrected chi connectivity index (χ4v) is 4.58. The average Bonchev–Trinajstić information content (AvgIpc) is 3.29. The van der Waals surface area contributed by atoms with Crippen LogP contribution in [-0.4, -0.2) is 35.7 Å². The molecule has 1 amide bonds. The van der Waals surface area contributed by atoms with E-state index in [0.29, 0.717) is 39.9 Å². The van der Waals surface area contributed by atoms with Crippen LogP contribution in [0.4, 0.5) is 0 Å². The number of nitrogens with zero attached hydrogens (tertiary/aromatic N) is 1. The summed E-state index contributed by atoms with van der Waals surface area (Å²) in [6, 6.07) is 21.9. The number of benzene rings is 3. The van der Waals surface area contributed by atoms with E-state index < -0.39 is 17.6 Å². The lowest BCUT2D eigenvalue weighted by atomic mass is 9.84. The number of aliphatic imine (C=N–C) groups is 1. The van der Waals surface area contributed by atoms with Gasteiger partial charge in [0.25, 0.3) is 5.91 Å². The van der Waals surface area contributed by atoms with E-state index in [-0.39, 0.29) is 18.9 Å². The number of carbonyl (C=O) groups is 1. The van der Waals surface area contributed by atoms with Crippen LogP contribution < -0.4 is 16.0 Å². The Morgan fingerprint density at radius 3 is 2.57 bits per heavy atom. The summed E-state index contributed by atoms with van der Waals surface area (Å²) >= 11 is 12.7. The molecule has 1 aliphatic heterocycles. The third-order valence-electron chi connectivity index (χ3n) is 5.94. The van der Waals surface area contributed by atoms with Crippen molar-refractivity contribution in [3.8, 4) is 5.75 Å². The molecule has 3 aromatic rings. The predicted molar refractivity (Wildman–Crippen MR) is 146 cm³/mol. The summed E-state index contributed by atoms with van der Waals surface area (Å²) in [5.41, 5.74) is 3.03. The zero-order valence-electron chi connectivity index (χ0n) is 19.9. The monoisotopic (exact) mass is 539 g/mol. The number of hydrogen-bond acceptors (Lipinski definition) is 6. The molecule has 1 aliphatic rings. The number of ether oxygens (including phenoxy) is 2. The summed E-state index contributed by atoms with van der Waals surface area (Å²) in [6.45, 7) is 0.458. The molecule has 3 aromatic carbocycles. The number of rotatable bonds is 10. The van der Waals surface area contributed by atoms with Crippen molar-refractivity contribution in [1.82, 2.24) is 5.43 Å². The van der Waals surface area contributed by atoms with Crippen LogP contribution in [0.15, 0.2) is 83.9 Å². The lowest BCUT2D eigenvalue weighted by Crippen LogP contribution is -2.50. The van der Waals surface area contributed by atoms with Gasteiger partial charge in [0.05, 0.1) is 6.61 Å². The molecule has 0 saturated carbocycles.